The number of nitrogens with one attached hydrogen (secondary N) is 1. The lowest BCUT2D eigenvalue weighted by atomic mass is 9.94. The zero-order chi connectivity index (χ0) is 32.8. The van der Waals surface area contributed by atoms with E-state index < -0.39 is 0 Å². The highest BCUT2D eigenvalue weighted by molar-refractivity contribution is 6.22. The summed E-state index contributed by atoms with van der Waals surface area (Å²) in [4.78, 5) is 13.9. The van der Waals surface area contributed by atoms with Crippen molar-refractivity contribution in [3.63, 3.8) is 0 Å². The van der Waals surface area contributed by atoms with Crippen LogP contribution < -0.4 is 0 Å². The number of benzene rings is 6. The molecule has 5 heterocycles. The van der Waals surface area contributed by atoms with Crippen molar-refractivity contribution in [1.29, 1.82) is 0 Å². The molecule has 4 nitrogen and oxygen atoms in total. The second-order valence-electron chi connectivity index (χ2n) is 13.1. The van der Waals surface area contributed by atoms with Crippen molar-refractivity contribution in [2.45, 2.75) is 0 Å². The minimum Gasteiger partial charge on any atom is -0.354 e. The molecule has 4 heteroatoms. The van der Waals surface area contributed by atoms with Crippen molar-refractivity contribution in [3.8, 4) is 44.6 Å². The topological polar surface area (TPSA) is 46.0 Å². The fraction of sp³-hybridized carbons (Fsp3) is 0. The van der Waals surface area contributed by atoms with Gasteiger partial charge in [0, 0.05) is 55.2 Å². The smallest absolute Gasteiger partial charge is 0.147 e. The Labute approximate surface area is 287 Å². The Kier molecular flexibility index (Phi) is 5.63. The summed E-state index contributed by atoms with van der Waals surface area (Å²) in [6.45, 7) is 0. The van der Waals surface area contributed by atoms with Gasteiger partial charge in [0.1, 0.15) is 11.3 Å². The monoisotopic (exact) mass is 636 g/mol. The normalized spacial score (nSPS) is 12.0. The van der Waals surface area contributed by atoms with E-state index in [1.165, 1.54) is 49.3 Å². The quantitative estimate of drug-likeness (QED) is 0.209. The van der Waals surface area contributed by atoms with Gasteiger partial charge >= 0.3 is 0 Å². The van der Waals surface area contributed by atoms with Crippen LogP contribution in [0.25, 0.3) is 105 Å². The molecule has 0 saturated heterocycles. The summed E-state index contributed by atoms with van der Waals surface area (Å²) >= 11 is 0. The van der Waals surface area contributed by atoms with Gasteiger partial charge in [0.05, 0.1) is 16.7 Å². The lowest BCUT2D eigenvalue weighted by Crippen LogP contribution is -1.90. The van der Waals surface area contributed by atoms with E-state index in [1.807, 2.05) is 12.3 Å². The summed E-state index contributed by atoms with van der Waals surface area (Å²) in [6, 6.07) is 56.5. The van der Waals surface area contributed by atoms with E-state index in [4.69, 9.17) is 9.97 Å². The molecular formula is C46H28N4. The van der Waals surface area contributed by atoms with Gasteiger partial charge in [0.25, 0.3) is 0 Å². The average Bonchev–Trinajstić information content (AvgIpc) is 3.85. The van der Waals surface area contributed by atoms with E-state index in [9.17, 15) is 0 Å². The molecule has 5 aromatic heterocycles. The van der Waals surface area contributed by atoms with Gasteiger partial charge in [-0.05, 0) is 82.4 Å². The Balaban J connectivity index is 1.12. The Morgan fingerprint density at radius 2 is 1.10 bits per heavy atom. The van der Waals surface area contributed by atoms with Crippen LogP contribution in [0.4, 0.5) is 0 Å². The van der Waals surface area contributed by atoms with Gasteiger partial charge in [-0.25, -0.2) is 9.97 Å². The Hall–Kier alpha value is -6.78. The van der Waals surface area contributed by atoms with Crippen LogP contribution in [0.15, 0.2) is 164 Å². The van der Waals surface area contributed by atoms with E-state index >= 15 is 0 Å². The summed E-state index contributed by atoms with van der Waals surface area (Å²) in [7, 11) is 0. The molecule has 0 spiro atoms. The number of fused-ring (bicyclic) bond motifs is 9. The molecule has 0 saturated carbocycles. The highest BCUT2D eigenvalue weighted by atomic mass is 15.0. The first-order valence-corrected chi connectivity index (χ1v) is 17.0. The number of aromatic nitrogens is 4. The molecule has 0 aliphatic carbocycles. The lowest BCUT2D eigenvalue weighted by molar-refractivity contribution is 1.22. The van der Waals surface area contributed by atoms with Gasteiger partial charge in [0.2, 0.25) is 0 Å². The molecule has 11 rings (SSSR count). The molecule has 0 amide bonds. The van der Waals surface area contributed by atoms with Gasteiger partial charge in [-0.1, -0.05) is 103 Å². The Bertz CT molecular complexity index is 3080. The molecule has 0 bridgehead atoms. The van der Waals surface area contributed by atoms with Crippen molar-refractivity contribution < 1.29 is 0 Å². The van der Waals surface area contributed by atoms with Crippen LogP contribution in [0.2, 0.25) is 0 Å². The molecule has 0 aliphatic heterocycles. The van der Waals surface area contributed by atoms with Crippen molar-refractivity contribution in [2.75, 3.05) is 0 Å². The number of pyridine rings is 2. The van der Waals surface area contributed by atoms with E-state index in [-0.39, 0.29) is 0 Å². The zero-order valence-electron chi connectivity index (χ0n) is 26.9. The minimum atomic E-state index is 0.934. The molecule has 11 aromatic rings. The first kappa shape index (κ1) is 27.2. The lowest BCUT2D eigenvalue weighted by Gasteiger charge is -2.11. The molecule has 1 N–H and O–H groups in total. The highest BCUT2D eigenvalue weighted by Crippen LogP contribution is 2.41. The van der Waals surface area contributed by atoms with Crippen LogP contribution >= 0.6 is 0 Å². The predicted octanol–water partition coefficient (Wildman–Crippen LogP) is 11.9. The molecule has 0 unspecified atom stereocenters. The van der Waals surface area contributed by atoms with Crippen LogP contribution in [-0.4, -0.2) is 19.4 Å². The van der Waals surface area contributed by atoms with Crippen LogP contribution in [0.3, 0.4) is 0 Å². The van der Waals surface area contributed by atoms with E-state index in [2.05, 4.69) is 161 Å². The molecule has 0 atom stereocenters. The third-order valence-corrected chi connectivity index (χ3v) is 10.3. The number of para-hydroxylation sites is 1. The van der Waals surface area contributed by atoms with Crippen LogP contribution in [0, 0.1) is 0 Å². The first-order chi connectivity index (χ1) is 24.8. The number of hydrogen-bond donors (Lipinski definition) is 1. The third-order valence-electron chi connectivity index (χ3n) is 10.3. The van der Waals surface area contributed by atoms with Crippen molar-refractivity contribution >= 4 is 60.2 Å². The number of nitrogens with zero attached hydrogens (tertiary/aromatic N) is 3. The summed E-state index contributed by atoms with van der Waals surface area (Å²) in [5.74, 6) is 0. The first-order valence-electron chi connectivity index (χ1n) is 17.0. The zero-order valence-corrected chi connectivity index (χ0v) is 26.9. The van der Waals surface area contributed by atoms with E-state index in [0.717, 1.165) is 55.5 Å². The third kappa shape index (κ3) is 3.93. The Morgan fingerprint density at radius 1 is 0.420 bits per heavy atom. The Morgan fingerprint density at radius 3 is 1.92 bits per heavy atom. The van der Waals surface area contributed by atoms with Gasteiger partial charge in [-0.15, -0.1) is 0 Å². The fourth-order valence-electron chi connectivity index (χ4n) is 7.99. The number of aromatic amines is 1. The average molecular weight is 637 g/mol. The summed E-state index contributed by atoms with van der Waals surface area (Å²) in [5, 5.41) is 7.14. The number of H-pyrrole nitrogens is 1. The fourth-order valence-corrected chi connectivity index (χ4v) is 7.99. The van der Waals surface area contributed by atoms with Gasteiger partial charge in [-0.2, -0.15) is 0 Å². The second kappa shape index (κ2) is 10.4. The van der Waals surface area contributed by atoms with Crippen LogP contribution in [0.1, 0.15) is 0 Å². The molecule has 232 valence electrons. The second-order valence-corrected chi connectivity index (χ2v) is 13.1. The molecular weight excluding hydrogens is 609 g/mol. The largest absolute Gasteiger partial charge is 0.354 e. The predicted molar refractivity (Wildman–Crippen MR) is 208 cm³/mol. The minimum absolute atomic E-state index is 0.934. The summed E-state index contributed by atoms with van der Waals surface area (Å²) in [5.41, 5.74) is 14.4. The number of rotatable bonds is 4. The van der Waals surface area contributed by atoms with Crippen LogP contribution in [0.5, 0.6) is 0 Å². The summed E-state index contributed by atoms with van der Waals surface area (Å²) in [6.07, 6.45) is 1.87. The van der Waals surface area contributed by atoms with E-state index in [1.54, 1.807) is 0 Å². The molecule has 0 fully saturated rings. The standard InChI is InChI=1S/C46H28N4/c1-3-10-28(11-4-1)30-19-21-42-39(25-30)40-27-33(29-12-5-2-6-13-29)26-38(43(40)48-42)31-14-7-15-32(24-31)41-22-20-37-35-17-8-16-34-36-18-9-23-47-45(36)50(44(34)35)46(37)49-41/h1-27,48H. The molecule has 50 heavy (non-hydrogen) atoms. The maximum Gasteiger partial charge on any atom is 0.147 e. The van der Waals surface area contributed by atoms with Gasteiger partial charge < -0.3 is 4.98 Å². The number of hydrogen-bond acceptors (Lipinski definition) is 2. The highest BCUT2D eigenvalue weighted by Gasteiger charge is 2.20. The SMILES string of the molecule is c1ccc(-c2ccc3[nH]c4c(-c5cccc(-c6ccc7c8cccc9c%10cccnc%10n(c7n6)c98)c5)cc(-c5ccccc5)cc4c3c2)cc1. The summed E-state index contributed by atoms with van der Waals surface area (Å²) < 4.78 is 2.24. The maximum absolute atomic E-state index is 5.34. The van der Waals surface area contributed by atoms with Crippen molar-refractivity contribution in [1.82, 2.24) is 19.4 Å². The van der Waals surface area contributed by atoms with E-state index in [0.29, 0.717) is 0 Å². The molecule has 6 aromatic carbocycles. The van der Waals surface area contributed by atoms with Crippen LogP contribution in [-0.2, 0) is 0 Å². The van der Waals surface area contributed by atoms with Crippen molar-refractivity contribution in [2.24, 2.45) is 0 Å². The molecule has 0 aliphatic rings. The van der Waals surface area contributed by atoms with Gasteiger partial charge in [-0.3, -0.25) is 4.40 Å². The van der Waals surface area contributed by atoms with Crippen molar-refractivity contribution in [3.05, 3.63) is 164 Å². The van der Waals surface area contributed by atoms with Gasteiger partial charge in [0.15, 0.2) is 0 Å². The maximum atomic E-state index is 5.34. The molecule has 0 radical (unpaired) electrons.